The van der Waals surface area contributed by atoms with Gasteiger partial charge in [0.1, 0.15) is 0 Å². The van der Waals surface area contributed by atoms with E-state index in [2.05, 4.69) is 4.90 Å². The number of para-hydroxylation sites is 1. The Labute approximate surface area is 163 Å². The van der Waals surface area contributed by atoms with Crippen LogP contribution >= 0.6 is 11.6 Å². The first-order valence-corrected chi connectivity index (χ1v) is 9.50. The highest BCUT2D eigenvalue weighted by Gasteiger charge is 2.48. The molecule has 0 amide bonds. The number of ketones is 1. The molecule has 2 heterocycles. The van der Waals surface area contributed by atoms with E-state index in [1.807, 2.05) is 36.4 Å². The molecule has 2 aliphatic heterocycles. The molecule has 0 aliphatic carbocycles. The monoisotopic (exact) mass is 381 g/mol. The molecule has 4 nitrogen and oxygen atoms in total. The number of rotatable bonds is 4. The van der Waals surface area contributed by atoms with E-state index < -0.39 is 6.04 Å². The normalized spacial score (nSPS) is 22.9. The number of halogens is 1. The van der Waals surface area contributed by atoms with E-state index in [1.54, 1.807) is 31.2 Å². The van der Waals surface area contributed by atoms with Crippen LogP contribution in [0.25, 0.3) is 6.08 Å². The highest BCUT2D eigenvalue weighted by molar-refractivity contribution is 6.30. The van der Waals surface area contributed by atoms with Crippen LogP contribution in [0.15, 0.2) is 54.6 Å². The van der Waals surface area contributed by atoms with Gasteiger partial charge in [-0.1, -0.05) is 42.0 Å². The highest BCUT2D eigenvalue weighted by atomic mass is 35.5. The Morgan fingerprint density at radius 3 is 2.63 bits per heavy atom. The lowest BCUT2D eigenvalue weighted by Gasteiger charge is -2.35. The maximum Gasteiger partial charge on any atom is 0.311 e. The van der Waals surface area contributed by atoms with Gasteiger partial charge in [0, 0.05) is 16.3 Å². The van der Waals surface area contributed by atoms with Gasteiger partial charge < -0.3 is 9.64 Å². The van der Waals surface area contributed by atoms with E-state index in [0.29, 0.717) is 23.6 Å². The van der Waals surface area contributed by atoms with Crippen molar-refractivity contribution in [2.24, 2.45) is 5.92 Å². The lowest BCUT2D eigenvalue weighted by molar-refractivity contribution is -0.147. The molecular formula is C22H20ClNO3. The average Bonchev–Trinajstić information content (AvgIpc) is 3.08. The average molecular weight is 382 g/mol. The third-order valence-corrected chi connectivity index (χ3v) is 5.51. The van der Waals surface area contributed by atoms with Gasteiger partial charge >= 0.3 is 5.97 Å². The number of fused-ring (bicyclic) bond motifs is 3. The molecule has 27 heavy (non-hydrogen) atoms. The van der Waals surface area contributed by atoms with Gasteiger partial charge in [0.05, 0.1) is 24.6 Å². The molecule has 0 aromatic heterocycles. The summed E-state index contributed by atoms with van der Waals surface area (Å²) in [5.41, 5.74) is 2.62. The number of nitrogens with zero attached hydrogens (tertiary/aromatic N) is 1. The Kier molecular flexibility index (Phi) is 4.75. The van der Waals surface area contributed by atoms with Gasteiger partial charge in [0.15, 0.2) is 5.78 Å². The minimum Gasteiger partial charge on any atom is -0.466 e. The molecule has 4 rings (SSSR count). The second-order valence-electron chi connectivity index (χ2n) is 6.80. The van der Waals surface area contributed by atoms with Gasteiger partial charge in [-0.05, 0) is 49.2 Å². The number of anilines is 1. The van der Waals surface area contributed by atoms with Crippen LogP contribution in [0.3, 0.4) is 0 Å². The number of hydrogen-bond donors (Lipinski definition) is 0. The molecule has 1 fully saturated rings. The number of ether oxygens (including phenoxy) is 1. The molecule has 3 unspecified atom stereocenters. The van der Waals surface area contributed by atoms with E-state index in [0.717, 1.165) is 11.3 Å². The van der Waals surface area contributed by atoms with Crippen molar-refractivity contribution >= 4 is 35.1 Å². The van der Waals surface area contributed by atoms with E-state index in [1.165, 1.54) is 0 Å². The van der Waals surface area contributed by atoms with Crippen molar-refractivity contribution in [1.82, 2.24) is 0 Å². The predicted octanol–water partition coefficient (Wildman–Crippen LogP) is 4.38. The van der Waals surface area contributed by atoms with Gasteiger partial charge in [-0.25, -0.2) is 0 Å². The van der Waals surface area contributed by atoms with Crippen LogP contribution < -0.4 is 4.90 Å². The maximum atomic E-state index is 13.3. The topological polar surface area (TPSA) is 46.6 Å². The van der Waals surface area contributed by atoms with Crippen LogP contribution in [0.2, 0.25) is 5.02 Å². The van der Waals surface area contributed by atoms with Crippen LogP contribution in [0, 0.1) is 5.92 Å². The largest absolute Gasteiger partial charge is 0.466 e. The standard InChI is InChI=1S/C22H20ClNO3/c1-2-27-22(26)17-13-20(21(25)15-7-10-16(23)11-8-15)24-18-6-4-3-5-14(18)9-12-19(17)24/h3-12,17,19-20H,2,13H2,1H3. The van der Waals surface area contributed by atoms with Crippen LogP contribution in [0.4, 0.5) is 5.69 Å². The molecule has 2 aromatic rings. The summed E-state index contributed by atoms with van der Waals surface area (Å²) >= 11 is 5.96. The summed E-state index contributed by atoms with van der Waals surface area (Å²) in [4.78, 5) is 27.9. The molecule has 0 radical (unpaired) electrons. The van der Waals surface area contributed by atoms with Gasteiger partial charge in [-0.3, -0.25) is 9.59 Å². The van der Waals surface area contributed by atoms with Crippen molar-refractivity contribution in [2.75, 3.05) is 11.5 Å². The van der Waals surface area contributed by atoms with E-state index >= 15 is 0 Å². The van der Waals surface area contributed by atoms with Gasteiger partial charge in [-0.2, -0.15) is 0 Å². The zero-order valence-corrected chi connectivity index (χ0v) is 15.7. The van der Waals surface area contributed by atoms with Gasteiger partial charge in [-0.15, -0.1) is 0 Å². The molecule has 0 saturated carbocycles. The number of benzene rings is 2. The molecular weight excluding hydrogens is 362 g/mol. The lowest BCUT2D eigenvalue weighted by atomic mass is 9.95. The highest BCUT2D eigenvalue weighted by Crippen LogP contribution is 2.42. The van der Waals surface area contributed by atoms with Crippen LogP contribution in [0.1, 0.15) is 29.3 Å². The number of Topliss-reactive ketones (excluding diaryl/α,β-unsaturated/α-hetero) is 1. The van der Waals surface area contributed by atoms with Crippen LogP contribution in [-0.4, -0.2) is 30.4 Å². The minimum absolute atomic E-state index is 0.00596. The smallest absolute Gasteiger partial charge is 0.311 e. The van der Waals surface area contributed by atoms with Crippen molar-refractivity contribution in [3.8, 4) is 0 Å². The van der Waals surface area contributed by atoms with E-state index in [4.69, 9.17) is 16.3 Å². The fourth-order valence-electron chi connectivity index (χ4n) is 4.04. The number of carbonyl (C=O) groups is 2. The molecule has 0 bridgehead atoms. The Morgan fingerprint density at radius 1 is 1.15 bits per heavy atom. The Bertz CT molecular complexity index is 906. The molecule has 138 valence electrons. The zero-order chi connectivity index (χ0) is 19.0. The third-order valence-electron chi connectivity index (χ3n) is 5.26. The van der Waals surface area contributed by atoms with Crippen molar-refractivity contribution < 1.29 is 14.3 Å². The molecule has 2 aliphatic rings. The summed E-state index contributed by atoms with van der Waals surface area (Å²) in [6.07, 6.45) is 4.47. The second kappa shape index (κ2) is 7.20. The van der Waals surface area contributed by atoms with Crippen molar-refractivity contribution in [3.63, 3.8) is 0 Å². The summed E-state index contributed by atoms with van der Waals surface area (Å²) < 4.78 is 5.28. The first kappa shape index (κ1) is 17.8. The fraction of sp³-hybridized carbons (Fsp3) is 0.273. The number of carbonyl (C=O) groups excluding carboxylic acids is 2. The first-order valence-electron chi connectivity index (χ1n) is 9.12. The Balaban J connectivity index is 1.74. The Hall–Kier alpha value is -2.59. The second-order valence-corrected chi connectivity index (χ2v) is 7.23. The number of esters is 1. The SMILES string of the molecule is CCOC(=O)C1CC(C(=O)c2ccc(Cl)cc2)N2c3ccccc3C=CC12. The van der Waals surface area contributed by atoms with Crippen LogP contribution in [-0.2, 0) is 9.53 Å². The maximum absolute atomic E-state index is 13.3. The molecule has 0 spiro atoms. The summed E-state index contributed by atoms with van der Waals surface area (Å²) in [5, 5.41) is 0.589. The van der Waals surface area contributed by atoms with Gasteiger partial charge in [0.25, 0.3) is 0 Å². The number of hydrogen-bond acceptors (Lipinski definition) is 4. The minimum atomic E-state index is -0.420. The molecule has 3 atom stereocenters. The van der Waals surface area contributed by atoms with Gasteiger partial charge in [0.2, 0.25) is 0 Å². The zero-order valence-electron chi connectivity index (χ0n) is 15.0. The molecule has 0 N–H and O–H groups in total. The quantitative estimate of drug-likeness (QED) is 0.582. The van der Waals surface area contributed by atoms with Crippen molar-refractivity contribution in [2.45, 2.75) is 25.4 Å². The molecule has 2 aromatic carbocycles. The predicted molar refractivity (Wildman–Crippen MR) is 106 cm³/mol. The first-order chi connectivity index (χ1) is 13.1. The molecule has 1 saturated heterocycles. The summed E-state index contributed by atoms with van der Waals surface area (Å²) in [6, 6.07) is 14.3. The fourth-order valence-corrected chi connectivity index (χ4v) is 4.17. The third kappa shape index (κ3) is 3.15. The van der Waals surface area contributed by atoms with E-state index in [9.17, 15) is 9.59 Å². The van der Waals surface area contributed by atoms with Crippen molar-refractivity contribution in [1.29, 1.82) is 0 Å². The van der Waals surface area contributed by atoms with Crippen molar-refractivity contribution in [3.05, 3.63) is 70.8 Å². The van der Waals surface area contributed by atoms with E-state index in [-0.39, 0.29) is 23.7 Å². The summed E-state index contributed by atoms with van der Waals surface area (Å²) in [7, 11) is 0. The Morgan fingerprint density at radius 2 is 1.89 bits per heavy atom. The van der Waals surface area contributed by atoms with Crippen LogP contribution in [0.5, 0.6) is 0 Å². The summed E-state index contributed by atoms with van der Waals surface area (Å²) in [6.45, 7) is 2.13. The summed E-state index contributed by atoms with van der Waals surface area (Å²) in [5.74, 6) is -0.618. The molecule has 5 heteroatoms. The lowest BCUT2D eigenvalue weighted by Crippen LogP contribution is -2.43.